The van der Waals surface area contributed by atoms with E-state index in [1.54, 1.807) is 21.3 Å². The SMILES string of the molecule is CCC1=CN(CCc2cc(OC)c(OC)cc2Br)C(c2ccc(OC)cc2)CC1=O. The van der Waals surface area contributed by atoms with E-state index < -0.39 is 0 Å². The van der Waals surface area contributed by atoms with Crippen LogP contribution in [0.5, 0.6) is 17.2 Å². The zero-order valence-corrected chi connectivity index (χ0v) is 19.5. The molecular formula is C24H28BrNO4. The van der Waals surface area contributed by atoms with Crippen LogP contribution in [0.4, 0.5) is 0 Å². The number of hydrogen-bond acceptors (Lipinski definition) is 5. The molecule has 2 aromatic carbocycles. The van der Waals surface area contributed by atoms with Crippen molar-refractivity contribution in [3.05, 3.63) is 63.8 Å². The van der Waals surface area contributed by atoms with Crippen LogP contribution in [0.2, 0.25) is 0 Å². The van der Waals surface area contributed by atoms with Gasteiger partial charge in [0.2, 0.25) is 0 Å². The molecule has 3 rings (SSSR count). The number of rotatable bonds is 8. The summed E-state index contributed by atoms with van der Waals surface area (Å²) in [5.74, 6) is 2.44. The van der Waals surface area contributed by atoms with Crippen molar-refractivity contribution in [3.63, 3.8) is 0 Å². The summed E-state index contributed by atoms with van der Waals surface area (Å²) in [6.45, 7) is 2.81. The summed E-state index contributed by atoms with van der Waals surface area (Å²) in [6, 6.07) is 11.9. The van der Waals surface area contributed by atoms with Gasteiger partial charge in [0.15, 0.2) is 17.3 Å². The number of carbonyl (C=O) groups is 1. The lowest BCUT2D eigenvalue weighted by Crippen LogP contribution is -2.33. The molecule has 1 aliphatic rings. The highest BCUT2D eigenvalue weighted by molar-refractivity contribution is 9.10. The fourth-order valence-electron chi connectivity index (χ4n) is 3.77. The van der Waals surface area contributed by atoms with Gasteiger partial charge in [-0.25, -0.2) is 0 Å². The van der Waals surface area contributed by atoms with Gasteiger partial charge in [-0.05, 0) is 48.2 Å². The van der Waals surface area contributed by atoms with E-state index in [0.717, 1.165) is 46.3 Å². The van der Waals surface area contributed by atoms with Crippen LogP contribution in [0.1, 0.15) is 36.9 Å². The van der Waals surface area contributed by atoms with Gasteiger partial charge in [-0.3, -0.25) is 4.79 Å². The molecule has 1 aliphatic heterocycles. The second-order valence-electron chi connectivity index (χ2n) is 7.21. The maximum absolute atomic E-state index is 12.6. The minimum absolute atomic E-state index is 0.0117. The van der Waals surface area contributed by atoms with Crippen molar-refractivity contribution in [2.45, 2.75) is 32.2 Å². The molecule has 6 heteroatoms. The van der Waals surface area contributed by atoms with Crippen molar-refractivity contribution < 1.29 is 19.0 Å². The lowest BCUT2D eigenvalue weighted by Gasteiger charge is -2.35. The normalized spacial score (nSPS) is 16.3. The van der Waals surface area contributed by atoms with E-state index in [9.17, 15) is 4.79 Å². The van der Waals surface area contributed by atoms with Gasteiger partial charge in [-0.15, -0.1) is 0 Å². The first-order valence-electron chi connectivity index (χ1n) is 10.0. The molecule has 1 atom stereocenters. The lowest BCUT2D eigenvalue weighted by atomic mass is 9.92. The van der Waals surface area contributed by atoms with Gasteiger partial charge < -0.3 is 19.1 Å². The lowest BCUT2D eigenvalue weighted by molar-refractivity contribution is -0.117. The predicted molar refractivity (Wildman–Crippen MR) is 121 cm³/mol. The second-order valence-corrected chi connectivity index (χ2v) is 8.06. The Labute approximate surface area is 186 Å². The summed E-state index contributed by atoms with van der Waals surface area (Å²) >= 11 is 3.65. The van der Waals surface area contributed by atoms with Crippen molar-refractivity contribution in [2.24, 2.45) is 0 Å². The molecule has 1 heterocycles. The first-order valence-corrected chi connectivity index (χ1v) is 10.8. The van der Waals surface area contributed by atoms with Crippen molar-refractivity contribution >= 4 is 21.7 Å². The topological polar surface area (TPSA) is 48.0 Å². The molecule has 160 valence electrons. The van der Waals surface area contributed by atoms with E-state index in [2.05, 4.69) is 20.8 Å². The standard InChI is InChI=1S/C24H28BrNO4/c1-5-16-15-26(11-10-18-12-23(29-3)24(30-4)13-20(18)25)21(14-22(16)27)17-6-8-19(28-2)9-7-17/h6-9,12-13,15,21H,5,10-11,14H2,1-4H3. The third kappa shape index (κ3) is 4.81. The maximum Gasteiger partial charge on any atom is 0.162 e. The molecule has 0 saturated carbocycles. The van der Waals surface area contributed by atoms with E-state index >= 15 is 0 Å². The van der Waals surface area contributed by atoms with Crippen LogP contribution >= 0.6 is 15.9 Å². The Morgan fingerprint density at radius 2 is 1.70 bits per heavy atom. The predicted octanol–water partition coefficient (Wildman–Crippen LogP) is 5.33. The summed E-state index contributed by atoms with van der Waals surface area (Å²) in [7, 11) is 4.93. The van der Waals surface area contributed by atoms with E-state index in [1.165, 1.54) is 0 Å². The first-order chi connectivity index (χ1) is 14.5. The highest BCUT2D eigenvalue weighted by atomic mass is 79.9. The summed E-state index contributed by atoms with van der Waals surface area (Å²) < 4.78 is 17.1. The Bertz CT molecular complexity index is 924. The van der Waals surface area contributed by atoms with Gasteiger partial charge in [-0.1, -0.05) is 35.0 Å². The van der Waals surface area contributed by atoms with Crippen LogP contribution in [0.15, 0.2) is 52.6 Å². The molecule has 5 nitrogen and oxygen atoms in total. The van der Waals surface area contributed by atoms with Gasteiger partial charge >= 0.3 is 0 Å². The molecule has 0 radical (unpaired) electrons. The number of Topliss-reactive ketones (excluding diaryl/α,β-unsaturated/α-hetero) is 1. The molecule has 0 aromatic heterocycles. The number of allylic oxidation sites excluding steroid dienone is 1. The van der Waals surface area contributed by atoms with Crippen molar-refractivity contribution in [3.8, 4) is 17.2 Å². The smallest absolute Gasteiger partial charge is 0.162 e. The third-order valence-corrected chi connectivity index (χ3v) is 6.27. The highest BCUT2D eigenvalue weighted by Crippen LogP contribution is 2.36. The quantitative estimate of drug-likeness (QED) is 0.518. The Balaban J connectivity index is 1.86. The van der Waals surface area contributed by atoms with Crippen LogP contribution in [0, 0.1) is 0 Å². The van der Waals surface area contributed by atoms with E-state index in [-0.39, 0.29) is 11.8 Å². The fraction of sp³-hybridized carbons (Fsp3) is 0.375. The van der Waals surface area contributed by atoms with Crippen LogP contribution in [0.25, 0.3) is 0 Å². The maximum atomic E-state index is 12.6. The molecule has 0 spiro atoms. The van der Waals surface area contributed by atoms with Crippen molar-refractivity contribution in [1.29, 1.82) is 0 Å². The Morgan fingerprint density at radius 3 is 2.30 bits per heavy atom. The molecule has 0 amide bonds. The van der Waals surface area contributed by atoms with Gasteiger partial charge in [0.25, 0.3) is 0 Å². The zero-order chi connectivity index (χ0) is 21.7. The van der Waals surface area contributed by atoms with Crippen molar-refractivity contribution in [1.82, 2.24) is 4.90 Å². The van der Waals surface area contributed by atoms with Crippen LogP contribution < -0.4 is 14.2 Å². The summed E-state index contributed by atoms with van der Waals surface area (Å²) in [5.41, 5.74) is 3.12. The minimum Gasteiger partial charge on any atom is -0.497 e. The Morgan fingerprint density at radius 1 is 1.03 bits per heavy atom. The zero-order valence-electron chi connectivity index (χ0n) is 17.9. The molecule has 2 aromatic rings. The molecule has 0 saturated heterocycles. The summed E-state index contributed by atoms with van der Waals surface area (Å²) in [5, 5.41) is 0. The van der Waals surface area contributed by atoms with E-state index in [1.807, 2.05) is 49.5 Å². The fourth-order valence-corrected chi connectivity index (χ4v) is 4.29. The molecule has 1 unspecified atom stereocenters. The van der Waals surface area contributed by atoms with Gasteiger partial charge in [0.05, 0.1) is 27.4 Å². The monoisotopic (exact) mass is 473 g/mol. The average molecular weight is 474 g/mol. The molecule has 0 fully saturated rings. The second kappa shape index (κ2) is 10.0. The van der Waals surface area contributed by atoms with Crippen molar-refractivity contribution in [2.75, 3.05) is 27.9 Å². The number of ketones is 1. The van der Waals surface area contributed by atoms with Crippen LogP contribution in [0.3, 0.4) is 0 Å². The number of hydrogen-bond donors (Lipinski definition) is 0. The molecule has 0 aliphatic carbocycles. The number of carbonyl (C=O) groups excluding carboxylic acids is 1. The molecule has 30 heavy (non-hydrogen) atoms. The number of methoxy groups -OCH3 is 3. The first kappa shape index (κ1) is 22.2. The van der Waals surface area contributed by atoms with Crippen LogP contribution in [-0.4, -0.2) is 38.6 Å². The van der Waals surface area contributed by atoms with E-state index in [0.29, 0.717) is 17.9 Å². The minimum atomic E-state index is 0.0117. The summed E-state index contributed by atoms with van der Waals surface area (Å²) in [6.07, 6.45) is 4.06. The van der Waals surface area contributed by atoms with Gasteiger partial charge in [-0.2, -0.15) is 0 Å². The molecule has 0 bridgehead atoms. The largest absolute Gasteiger partial charge is 0.497 e. The number of nitrogens with zero attached hydrogens (tertiary/aromatic N) is 1. The highest BCUT2D eigenvalue weighted by Gasteiger charge is 2.28. The third-order valence-electron chi connectivity index (χ3n) is 5.53. The average Bonchev–Trinajstić information content (AvgIpc) is 2.78. The van der Waals surface area contributed by atoms with E-state index in [4.69, 9.17) is 14.2 Å². The number of ether oxygens (including phenoxy) is 3. The van der Waals surface area contributed by atoms with Gasteiger partial charge in [0, 0.05) is 29.2 Å². The number of benzene rings is 2. The van der Waals surface area contributed by atoms with Crippen LogP contribution in [-0.2, 0) is 11.2 Å². The summed E-state index contributed by atoms with van der Waals surface area (Å²) in [4.78, 5) is 14.9. The van der Waals surface area contributed by atoms with Gasteiger partial charge in [0.1, 0.15) is 5.75 Å². The Hall–Kier alpha value is -2.47. The molecule has 0 N–H and O–H groups in total. The Kier molecular flexibility index (Phi) is 7.43. The molecular weight excluding hydrogens is 446 g/mol. The number of halogens is 1.